The minimum absolute atomic E-state index is 0.160. The van der Waals surface area contributed by atoms with E-state index in [1.54, 1.807) is 0 Å². The molecule has 0 aromatic carbocycles. The van der Waals surface area contributed by atoms with E-state index in [1.807, 2.05) is 0 Å². The highest BCUT2D eigenvalue weighted by molar-refractivity contribution is 6.09. The second kappa shape index (κ2) is 7.34. The number of hydrogen-bond acceptors (Lipinski definition) is 3. The van der Waals surface area contributed by atoms with E-state index in [0.717, 1.165) is 43.4 Å². The van der Waals surface area contributed by atoms with Crippen molar-refractivity contribution in [1.82, 2.24) is 15.5 Å². The first-order valence-electron chi connectivity index (χ1n) is 9.88. The fourth-order valence-corrected chi connectivity index (χ4v) is 4.66. The number of nitrogens with one attached hydrogen (secondary N) is 2. The first-order chi connectivity index (χ1) is 11.9. The molecule has 0 radical (unpaired) electrons. The summed E-state index contributed by atoms with van der Waals surface area (Å²) in [6, 6.07) is -0.247. The Balaban J connectivity index is 1.58. The van der Waals surface area contributed by atoms with Gasteiger partial charge in [0.15, 0.2) is 0 Å². The summed E-state index contributed by atoms with van der Waals surface area (Å²) in [7, 11) is 0. The summed E-state index contributed by atoms with van der Waals surface area (Å²) in [5, 5.41) is 5.92. The topological polar surface area (TPSA) is 78.5 Å². The Morgan fingerprint density at radius 2 is 1.88 bits per heavy atom. The van der Waals surface area contributed by atoms with Crippen molar-refractivity contribution >= 4 is 17.8 Å². The lowest BCUT2D eigenvalue weighted by Gasteiger charge is -2.34. The fraction of sp³-hybridized carbons (Fsp3) is 0.842. The summed E-state index contributed by atoms with van der Waals surface area (Å²) in [6.07, 6.45) is 8.85. The molecule has 0 bridgehead atoms. The molecule has 4 amide bonds. The summed E-state index contributed by atoms with van der Waals surface area (Å²) in [5.41, 5.74) is -0.763. The van der Waals surface area contributed by atoms with Crippen molar-refractivity contribution < 1.29 is 14.4 Å². The largest absolute Gasteiger partial charge is 0.352 e. The van der Waals surface area contributed by atoms with E-state index in [4.69, 9.17) is 0 Å². The highest BCUT2D eigenvalue weighted by Gasteiger charge is 2.52. The van der Waals surface area contributed by atoms with Crippen LogP contribution in [0.5, 0.6) is 0 Å². The number of imide groups is 1. The van der Waals surface area contributed by atoms with Gasteiger partial charge in [-0.25, -0.2) is 4.79 Å². The molecule has 3 fully saturated rings. The lowest BCUT2D eigenvalue weighted by Crippen LogP contribution is -2.50. The Morgan fingerprint density at radius 1 is 1.20 bits per heavy atom. The third kappa shape index (κ3) is 3.67. The molecular formula is C19H31N3O3. The normalized spacial score (nSPS) is 35.8. The number of urea groups is 1. The maximum Gasteiger partial charge on any atom is 0.325 e. The van der Waals surface area contributed by atoms with Crippen molar-refractivity contribution in [2.24, 2.45) is 11.8 Å². The van der Waals surface area contributed by atoms with Gasteiger partial charge in [0.25, 0.3) is 5.91 Å². The van der Waals surface area contributed by atoms with Gasteiger partial charge in [-0.3, -0.25) is 14.5 Å². The van der Waals surface area contributed by atoms with Crippen LogP contribution in [0.1, 0.15) is 71.6 Å². The molecule has 0 aromatic heterocycles. The van der Waals surface area contributed by atoms with Crippen LogP contribution in [0.4, 0.5) is 4.79 Å². The quantitative estimate of drug-likeness (QED) is 0.766. The Hall–Kier alpha value is -1.59. The van der Waals surface area contributed by atoms with Crippen LogP contribution < -0.4 is 10.6 Å². The standard InChI is InChI=1S/C19H31N3O3/c1-3-14-8-10-19(11-9-14)17(24)22(18(25)21-19)12-16(23)20-15-7-5-4-6-13(15)2/h13-15H,3-12H2,1-2H3,(H,20,23)(H,21,25)/t13-,14?,15-,19?/m1/s1. The van der Waals surface area contributed by atoms with Gasteiger partial charge in [0.05, 0.1) is 0 Å². The summed E-state index contributed by atoms with van der Waals surface area (Å²) in [6.45, 7) is 4.16. The van der Waals surface area contributed by atoms with E-state index >= 15 is 0 Å². The number of rotatable bonds is 4. The van der Waals surface area contributed by atoms with Crippen molar-refractivity contribution in [3.63, 3.8) is 0 Å². The monoisotopic (exact) mass is 349 g/mol. The highest BCUT2D eigenvalue weighted by Crippen LogP contribution is 2.37. The summed E-state index contributed by atoms with van der Waals surface area (Å²) in [4.78, 5) is 38.7. The van der Waals surface area contributed by atoms with Crippen molar-refractivity contribution in [2.45, 2.75) is 83.2 Å². The zero-order valence-corrected chi connectivity index (χ0v) is 15.5. The van der Waals surface area contributed by atoms with Crippen molar-refractivity contribution in [3.8, 4) is 0 Å². The third-order valence-electron chi connectivity index (χ3n) is 6.54. The predicted molar refractivity (Wildman–Crippen MR) is 94.8 cm³/mol. The van der Waals surface area contributed by atoms with E-state index in [2.05, 4.69) is 24.5 Å². The zero-order chi connectivity index (χ0) is 18.0. The molecule has 2 N–H and O–H groups in total. The first kappa shape index (κ1) is 18.2. The minimum Gasteiger partial charge on any atom is -0.352 e. The van der Waals surface area contributed by atoms with Crippen molar-refractivity contribution in [3.05, 3.63) is 0 Å². The van der Waals surface area contributed by atoms with Gasteiger partial charge < -0.3 is 10.6 Å². The maximum absolute atomic E-state index is 12.8. The first-order valence-corrected chi connectivity index (χ1v) is 9.88. The van der Waals surface area contributed by atoms with Gasteiger partial charge >= 0.3 is 6.03 Å². The molecule has 1 aliphatic heterocycles. The lowest BCUT2D eigenvalue weighted by atomic mass is 9.75. The molecule has 3 aliphatic rings. The molecule has 3 rings (SSSR count). The Labute approximate surface area is 150 Å². The zero-order valence-electron chi connectivity index (χ0n) is 15.5. The summed E-state index contributed by atoms with van der Waals surface area (Å²) >= 11 is 0. The molecule has 1 heterocycles. The van der Waals surface area contributed by atoms with Crippen LogP contribution in [0.2, 0.25) is 0 Å². The number of carbonyl (C=O) groups excluding carboxylic acids is 3. The number of carbonyl (C=O) groups is 3. The molecule has 0 aromatic rings. The van der Waals surface area contributed by atoms with Crippen molar-refractivity contribution in [2.75, 3.05) is 6.54 Å². The fourth-order valence-electron chi connectivity index (χ4n) is 4.66. The van der Waals surface area contributed by atoms with E-state index in [-0.39, 0.29) is 24.4 Å². The Kier molecular flexibility index (Phi) is 5.35. The van der Waals surface area contributed by atoms with Crippen LogP contribution in [0, 0.1) is 11.8 Å². The molecule has 2 atom stereocenters. The average molecular weight is 349 g/mol. The van der Waals surface area contributed by atoms with E-state index in [0.29, 0.717) is 24.7 Å². The maximum atomic E-state index is 12.8. The Morgan fingerprint density at radius 3 is 2.52 bits per heavy atom. The van der Waals surface area contributed by atoms with Crippen LogP contribution in [0.3, 0.4) is 0 Å². The smallest absolute Gasteiger partial charge is 0.325 e. The molecule has 140 valence electrons. The molecule has 25 heavy (non-hydrogen) atoms. The summed E-state index contributed by atoms with van der Waals surface area (Å²) in [5.74, 6) is 0.664. The van der Waals surface area contributed by atoms with Crippen LogP contribution in [-0.4, -0.2) is 40.9 Å². The number of nitrogens with zero attached hydrogens (tertiary/aromatic N) is 1. The van der Waals surface area contributed by atoms with Crippen LogP contribution in [0.15, 0.2) is 0 Å². The predicted octanol–water partition coefficient (Wildman–Crippen LogP) is 2.57. The molecule has 0 unspecified atom stereocenters. The van der Waals surface area contributed by atoms with E-state index < -0.39 is 11.6 Å². The number of hydrogen-bond donors (Lipinski definition) is 2. The molecule has 6 nitrogen and oxygen atoms in total. The van der Waals surface area contributed by atoms with Gasteiger partial charge in [0, 0.05) is 6.04 Å². The lowest BCUT2D eigenvalue weighted by molar-refractivity contribution is -0.136. The summed E-state index contributed by atoms with van der Waals surface area (Å²) < 4.78 is 0. The second-order valence-corrected chi connectivity index (χ2v) is 8.19. The van der Waals surface area contributed by atoms with E-state index in [9.17, 15) is 14.4 Å². The van der Waals surface area contributed by atoms with Gasteiger partial charge in [0.2, 0.25) is 5.91 Å². The minimum atomic E-state index is -0.763. The highest BCUT2D eigenvalue weighted by atomic mass is 16.2. The van der Waals surface area contributed by atoms with Gasteiger partial charge in [-0.05, 0) is 50.4 Å². The molecule has 1 saturated heterocycles. The molecule has 6 heteroatoms. The molecule has 2 aliphatic carbocycles. The SMILES string of the molecule is CCC1CCC2(CC1)NC(=O)N(CC(=O)N[C@@H]1CCCC[C@H]1C)C2=O. The Bertz CT molecular complexity index is 540. The number of amides is 4. The molecular weight excluding hydrogens is 318 g/mol. The second-order valence-electron chi connectivity index (χ2n) is 8.19. The van der Waals surface area contributed by atoms with E-state index in [1.165, 1.54) is 6.42 Å². The van der Waals surface area contributed by atoms with Crippen LogP contribution >= 0.6 is 0 Å². The van der Waals surface area contributed by atoms with Gasteiger partial charge in [0.1, 0.15) is 12.1 Å². The van der Waals surface area contributed by atoms with Gasteiger partial charge in [-0.15, -0.1) is 0 Å². The van der Waals surface area contributed by atoms with Crippen molar-refractivity contribution in [1.29, 1.82) is 0 Å². The average Bonchev–Trinajstić information content (AvgIpc) is 2.82. The van der Waals surface area contributed by atoms with Crippen LogP contribution in [0.25, 0.3) is 0 Å². The molecule has 1 spiro atoms. The van der Waals surface area contributed by atoms with Gasteiger partial charge in [-0.2, -0.15) is 0 Å². The third-order valence-corrected chi connectivity index (χ3v) is 6.54. The van der Waals surface area contributed by atoms with Gasteiger partial charge in [-0.1, -0.05) is 33.1 Å². The van der Waals surface area contributed by atoms with Crippen LogP contribution in [-0.2, 0) is 9.59 Å². The molecule has 2 saturated carbocycles.